The minimum atomic E-state index is 0.285. The molecule has 1 heterocycles. The van der Waals surface area contributed by atoms with E-state index in [4.69, 9.17) is 0 Å². The summed E-state index contributed by atoms with van der Waals surface area (Å²) in [6.07, 6.45) is 2.34. The lowest BCUT2D eigenvalue weighted by Crippen LogP contribution is -2.31. The van der Waals surface area contributed by atoms with Gasteiger partial charge in [0.15, 0.2) is 0 Å². The maximum atomic E-state index is 9.26. The molecule has 0 amide bonds. The Morgan fingerprint density at radius 2 is 2.31 bits per heavy atom. The summed E-state index contributed by atoms with van der Waals surface area (Å²) < 4.78 is 1.17. The molecule has 0 spiro atoms. The predicted octanol–water partition coefficient (Wildman–Crippen LogP) is 2.71. The highest BCUT2D eigenvalue weighted by Gasteiger charge is 2.23. The molecule has 1 aliphatic rings. The van der Waals surface area contributed by atoms with Crippen molar-refractivity contribution in [3.05, 3.63) is 33.8 Å². The van der Waals surface area contributed by atoms with E-state index in [9.17, 15) is 5.11 Å². The number of benzene rings is 1. The van der Waals surface area contributed by atoms with Crippen LogP contribution in [0.25, 0.3) is 0 Å². The highest BCUT2D eigenvalue weighted by Crippen LogP contribution is 2.22. The number of hydrogen-bond donors (Lipinski definition) is 1. The van der Waals surface area contributed by atoms with Crippen LogP contribution in [-0.2, 0) is 6.54 Å². The van der Waals surface area contributed by atoms with Crippen molar-refractivity contribution in [3.63, 3.8) is 0 Å². The summed E-state index contributed by atoms with van der Waals surface area (Å²) in [6, 6.07) is 6.86. The first-order valence-corrected chi connectivity index (χ1v) is 6.60. The Bertz CT molecular complexity index is 367. The zero-order valence-electron chi connectivity index (χ0n) is 9.62. The molecule has 3 heteroatoms. The number of likely N-dealkylation sites (tertiary alicyclic amines) is 1. The Morgan fingerprint density at radius 1 is 1.50 bits per heavy atom. The molecule has 1 aromatic carbocycles. The maximum Gasteiger partial charge on any atom is 0.0587 e. The van der Waals surface area contributed by atoms with Gasteiger partial charge in [-0.3, -0.25) is 4.90 Å². The summed E-state index contributed by atoms with van der Waals surface area (Å²) in [4.78, 5) is 2.37. The number of rotatable bonds is 3. The molecule has 0 radical (unpaired) electrons. The summed E-state index contributed by atoms with van der Waals surface area (Å²) in [6.45, 7) is 4.44. The average molecular weight is 284 g/mol. The van der Waals surface area contributed by atoms with E-state index in [1.165, 1.54) is 22.0 Å². The number of aryl methyl sites for hydroxylation is 1. The van der Waals surface area contributed by atoms with E-state index in [2.05, 4.69) is 46.0 Å². The zero-order chi connectivity index (χ0) is 11.5. The first-order chi connectivity index (χ1) is 7.70. The zero-order valence-corrected chi connectivity index (χ0v) is 11.2. The Hall–Kier alpha value is -0.380. The fourth-order valence-electron chi connectivity index (χ4n) is 2.28. The lowest BCUT2D eigenvalue weighted by atomic mass is 10.1. The fourth-order valence-corrected chi connectivity index (χ4v) is 2.71. The van der Waals surface area contributed by atoms with Gasteiger partial charge in [-0.1, -0.05) is 28.1 Å². The van der Waals surface area contributed by atoms with Crippen LogP contribution in [0.4, 0.5) is 0 Å². The molecule has 16 heavy (non-hydrogen) atoms. The smallest absolute Gasteiger partial charge is 0.0587 e. The van der Waals surface area contributed by atoms with Gasteiger partial charge >= 0.3 is 0 Å². The normalized spacial score (nSPS) is 21.6. The van der Waals surface area contributed by atoms with E-state index in [1.54, 1.807) is 0 Å². The van der Waals surface area contributed by atoms with Crippen LogP contribution in [0.3, 0.4) is 0 Å². The second kappa shape index (κ2) is 5.30. The maximum absolute atomic E-state index is 9.26. The monoisotopic (exact) mass is 283 g/mol. The van der Waals surface area contributed by atoms with Crippen LogP contribution < -0.4 is 0 Å². The van der Waals surface area contributed by atoms with Crippen molar-refractivity contribution in [2.24, 2.45) is 0 Å². The SMILES string of the molecule is Cc1ccc(CN2CCCC2CO)cc1Br. The average Bonchev–Trinajstić information content (AvgIpc) is 2.71. The van der Waals surface area contributed by atoms with E-state index in [1.807, 2.05) is 0 Å². The van der Waals surface area contributed by atoms with E-state index in [-0.39, 0.29) is 6.61 Å². The Kier molecular flexibility index (Phi) is 4.00. The van der Waals surface area contributed by atoms with Gasteiger partial charge in [0.05, 0.1) is 6.61 Å². The second-order valence-corrected chi connectivity index (χ2v) is 5.39. The van der Waals surface area contributed by atoms with Crippen LogP contribution in [0.2, 0.25) is 0 Å². The van der Waals surface area contributed by atoms with Gasteiger partial charge in [-0.25, -0.2) is 0 Å². The van der Waals surface area contributed by atoms with Crippen molar-refractivity contribution in [2.45, 2.75) is 32.4 Å². The molecule has 88 valence electrons. The van der Waals surface area contributed by atoms with Gasteiger partial charge in [-0.05, 0) is 43.5 Å². The van der Waals surface area contributed by atoms with Crippen LogP contribution >= 0.6 is 15.9 Å². The third-order valence-electron chi connectivity index (χ3n) is 3.33. The summed E-state index contributed by atoms with van der Waals surface area (Å²) in [5.41, 5.74) is 2.58. The molecular formula is C13H18BrNO. The first kappa shape index (κ1) is 12.1. The van der Waals surface area contributed by atoms with E-state index in [0.717, 1.165) is 19.5 Å². The van der Waals surface area contributed by atoms with Gasteiger partial charge in [0.1, 0.15) is 0 Å². The van der Waals surface area contributed by atoms with Crippen molar-refractivity contribution >= 4 is 15.9 Å². The molecule has 1 fully saturated rings. The lowest BCUT2D eigenvalue weighted by molar-refractivity contribution is 0.153. The molecule has 2 nitrogen and oxygen atoms in total. The Balaban J connectivity index is 2.05. The number of aliphatic hydroxyl groups excluding tert-OH is 1. The van der Waals surface area contributed by atoms with Crippen molar-refractivity contribution in [1.82, 2.24) is 4.90 Å². The van der Waals surface area contributed by atoms with Crippen LogP contribution in [0.5, 0.6) is 0 Å². The number of nitrogens with zero attached hydrogens (tertiary/aromatic N) is 1. The van der Waals surface area contributed by atoms with Gasteiger partial charge in [-0.2, -0.15) is 0 Å². The van der Waals surface area contributed by atoms with Crippen molar-refractivity contribution in [3.8, 4) is 0 Å². The van der Waals surface area contributed by atoms with Gasteiger partial charge in [-0.15, -0.1) is 0 Å². The molecule has 1 atom stereocenters. The van der Waals surface area contributed by atoms with Crippen molar-refractivity contribution < 1.29 is 5.11 Å². The quantitative estimate of drug-likeness (QED) is 0.922. The number of halogens is 1. The second-order valence-electron chi connectivity index (χ2n) is 4.53. The minimum Gasteiger partial charge on any atom is -0.395 e. The highest BCUT2D eigenvalue weighted by atomic mass is 79.9. The van der Waals surface area contributed by atoms with Gasteiger partial charge < -0.3 is 5.11 Å². The van der Waals surface area contributed by atoms with E-state index in [0.29, 0.717) is 6.04 Å². The molecule has 2 rings (SSSR count). The molecule has 0 aliphatic carbocycles. The topological polar surface area (TPSA) is 23.5 Å². The molecule has 1 N–H and O–H groups in total. The Morgan fingerprint density at radius 3 is 3.00 bits per heavy atom. The minimum absolute atomic E-state index is 0.285. The van der Waals surface area contributed by atoms with Crippen LogP contribution in [0.15, 0.2) is 22.7 Å². The molecule has 1 unspecified atom stereocenters. The van der Waals surface area contributed by atoms with Crippen molar-refractivity contribution in [2.75, 3.05) is 13.2 Å². The molecular weight excluding hydrogens is 266 g/mol. The summed E-state index contributed by atoms with van der Waals surface area (Å²) in [5, 5.41) is 9.26. The van der Waals surface area contributed by atoms with E-state index < -0.39 is 0 Å². The van der Waals surface area contributed by atoms with Crippen LogP contribution in [0.1, 0.15) is 24.0 Å². The highest BCUT2D eigenvalue weighted by molar-refractivity contribution is 9.10. The molecule has 1 saturated heterocycles. The van der Waals surface area contributed by atoms with E-state index >= 15 is 0 Å². The standard InChI is InChI=1S/C13H18BrNO/c1-10-4-5-11(7-13(10)14)8-15-6-2-3-12(15)9-16/h4-5,7,12,16H,2-3,6,8-9H2,1H3. The number of hydrogen-bond acceptors (Lipinski definition) is 2. The lowest BCUT2D eigenvalue weighted by Gasteiger charge is -2.22. The fraction of sp³-hybridized carbons (Fsp3) is 0.538. The third-order valence-corrected chi connectivity index (χ3v) is 4.19. The van der Waals surface area contributed by atoms with Gasteiger partial charge in [0, 0.05) is 17.1 Å². The van der Waals surface area contributed by atoms with Crippen LogP contribution in [0, 0.1) is 6.92 Å². The summed E-state index contributed by atoms with van der Waals surface area (Å²) in [7, 11) is 0. The number of aliphatic hydroxyl groups is 1. The first-order valence-electron chi connectivity index (χ1n) is 5.80. The largest absolute Gasteiger partial charge is 0.395 e. The third kappa shape index (κ3) is 2.65. The molecule has 1 aromatic rings. The van der Waals surface area contributed by atoms with Gasteiger partial charge in [0.25, 0.3) is 0 Å². The van der Waals surface area contributed by atoms with Gasteiger partial charge in [0.2, 0.25) is 0 Å². The van der Waals surface area contributed by atoms with Crippen LogP contribution in [-0.4, -0.2) is 29.2 Å². The molecule has 0 aromatic heterocycles. The molecule has 1 aliphatic heterocycles. The Labute approximate surface area is 105 Å². The molecule has 0 saturated carbocycles. The predicted molar refractivity (Wildman–Crippen MR) is 69.4 cm³/mol. The summed E-state index contributed by atoms with van der Waals surface area (Å²) >= 11 is 3.56. The van der Waals surface area contributed by atoms with Crippen molar-refractivity contribution in [1.29, 1.82) is 0 Å². The molecule has 0 bridgehead atoms. The summed E-state index contributed by atoms with van der Waals surface area (Å²) in [5.74, 6) is 0.